The first kappa shape index (κ1) is 18.1. The lowest BCUT2D eigenvalue weighted by molar-refractivity contribution is -0.119. The molecule has 6 heteroatoms. The fraction of sp³-hybridized carbons (Fsp3) is 0.250. The summed E-state index contributed by atoms with van der Waals surface area (Å²) in [4.78, 5) is 31.2. The number of aliphatic hydroxyl groups excluding tert-OH is 1. The van der Waals surface area contributed by atoms with Crippen molar-refractivity contribution in [3.63, 3.8) is 0 Å². The molecule has 0 fully saturated rings. The molecule has 1 atom stereocenters. The second-order valence-electron chi connectivity index (χ2n) is 6.58. The number of aryl methyl sites for hydroxylation is 1. The summed E-state index contributed by atoms with van der Waals surface area (Å²) < 4.78 is 0. The topological polar surface area (TPSA) is 70.5 Å². The summed E-state index contributed by atoms with van der Waals surface area (Å²) in [5, 5.41) is 11.1. The SMILES string of the molecule is Cc1cc(Cl)ccc1N1C(=O)C(O)=C(C(=O)C(C)C)C1c1cccnc1. The van der Waals surface area contributed by atoms with E-state index in [4.69, 9.17) is 11.6 Å². The quantitative estimate of drug-likeness (QED) is 0.876. The van der Waals surface area contributed by atoms with Crippen LogP contribution in [0.4, 0.5) is 5.69 Å². The minimum absolute atomic E-state index is 0.104. The second kappa shape index (κ2) is 6.92. The van der Waals surface area contributed by atoms with Crippen LogP contribution in [0.25, 0.3) is 0 Å². The van der Waals surface area contributed by atoms with E-state index in [2.05, 4.69) is 4.98 Å². The summed E-state index contributed by atoms with van der Waals surface area (Å²) in [7, 11) is 0. The molecule has 0 radical (unpaired) electrons. The molecule has 2 aromatic rings. The number of aliphatic hydroxyl groups is 1. The molecule has 1 unspecified atom stereocenters. The fourth-order valence-corrected chi connectivity index (χ4v) is 3.39. The molecule has 0 bridgehead atoms. The van der Waals surface area contributed by atoms with Crippen molar-refractivity contribution in [1.29, 1.82) is 0 Å². The smallest absolute Gasteiger partial charge is 0.294 e. The molecule has 0 spiro atoms. The van der Waals surface area contributed by atoms with Crippen LogP contribution in [0.2, 0.25) is 5.02 Å². The summed E-state index contributed by atoms with van der Waals surface area (Å²) >= 11 is 6.04. The number of aromatic nitrogens is 1. The molecule has 5 nitrogen and oxygen atoms in total. The summed E-state index contributed by atoms with van der Waals surface area (Å²) in [5.74, 6) is -1.73. The van der Waals surface area contributed by atoms with E-state index in [1.165, 1.54) is 4.90 Å². The number of rotatable bonds is 4. The van der Waals surface area contributed by atoms with Gasteiger partial charge >= 0.3 is 0 Å². The lowest BCUT2D eigenvalue weighted by Gasteiger charge is -2.28. The Balaban J connectivity index is 2.21. The van der Waals surface area contributed by atoms with E-state index < -0.39 is 17.7 Å². The minimum atomic E-state index is -0.731. The van der Waals surface area contributed by atoms with Crippen molar-refractivity contribution in [2.75, 3.05) is 4.90 Å². The third-order valence-electron chi connectivity index (χ3n) is 4.42. The van der Waals surface area contributed by atoms with Gasteiger partial charge in [-0.25, -0.2) is 0 Å². The first-order valence-corrected chi connectivity index (χ1v) is 8.67. The molecule has 2 heterocycles. The summed E-state index contributed by atoms with van der Waals surface area (Å²) in [6.07, 6.45) is 3.22. The normalized spacial score (nSPS) is 17.3. The Labute approximate surface area is 156 Å². The largest absolute Gasteiger partial charge is 0.503 e. The molecule has 0 saturated heterocycles. The van der Waals surface area contributed by atoms with Crippen molar-refractivity contribution in [3.8, 4) is 0 Å². The number of nitrogens with zero attached hydrogens (tertiary/aromatic N) is 2. The maximum Gasteiger partial charge on any atom is 0.294 e. The van der Waals surface area contributed by atoms with Gasteiger partial charge in [-0.1, -0.05) is 31.5 Å². The first-order chi connectivity index (χ1) is 12.3. The van der Waals surface area contributed by atoms with Crippen LogP contribution in [0.1, 0.15) is 31.0 Å². The first-order valence-electron chi connectivity index (χ1n) is 8.30. The Kier molecular flexibility index (Phi) is 4.83. The number of carbonyl (C=O) groups excluding carboxylic acids is 2. The zero-order valence-electron chi connectivity index (χ0n) is 14.7. The molecule has 26 heavy (non-hydrogen) atoms. The number of Topliss-reactive ketones (excluding diaryl/α,β-unsaturated/α-hetero) is 1. The molecule has 1 aliphatic heterocycles. The van der Waals surface area contributed by atoms with Crippen LogP contribution in [-0.4, -0.2) is 21.8 Å². The van der Waals surface area contributed by atoms with Gasteiger partial charge in [0.15, 0.2) is 11.5 Å². The van der Waals surface area contributed by atoms with Crippen molar-refractivity contribution < 1.29 is 14.7 Å². The predicted molar refractivity (Wildman–Crippen MR) is 100 cm³/mol. The molecule has 3 rings (SSSR count). The van der Waals surface area contributed by atoms with Crippen LogP contribution in [0.15, 0.2) is 54.1 Å². The number of halogens is 1. The number of amides is 1. The standard InChI is InChI=1S/C20H19ClN2O3/c1-11(2)18(24)16-17(13-5-4-8-22-10-13)23(20(26)19(16)25)15-7-6-14(21)9-12(15)3/h4-11,17,25H,1-3H3. The second-order valence-corrected chi connectivity index (χ2v) is 7.01. The molecule has 0 saturated carbocycles. The maximum absolute atomic E-state index is 12.9. The van der Waals surface area contributed by atoms with Crippen LogP contribution >= 0.6 is 11.6 Å². The highest BCUT2D eigenvalue weighted by molar-refractivity contribution is 6.30. The van der Waals surface area contributed by atoms with Crippen molar-refractivity contribution in [1.82, 2.24) is 4.98 Å². The van der Waals surface area contributed by atoms with Crippen LogP contribution in [-0.2, 0) is 9.59 Å². The van der Waals surface area contributed by atoms with Gasteiger partial charge in [0.1, 0.15) is 0 Å². The van der Waals surface area contributed by atoms with Gasteiger partial charge in [-0.15, -0.1) is 0 Å². The minimum Gasteiger partial charge on any atom is -0.503 e. The van der Waals surface area contributed by atoms with Gasteiger partial charge in [0, 0.05) is 29.0 Å². The third-order valence-corrected chi connectivity index (χ3v) is 4.65. The van der Waals surface area contributed by atoms with Gasteiger partial charge in [-0.3, -0.25) is 19.5 Å². The van der Waals surface area contributed by atoms with Crippen LogP contribution in [0, 0.1) is 12.8 Å². The summed E-state index contributed by atoms with van der Waals surface area (Å²) in [6.45, 7) is 5.31. The monoisotopic (exact) mass is 370 g/mol. The highest BCUT2D eigenvalue weighted by Crippen LogP contribution is 2.42. The van der Waals surface area contributed by atoms with Crippen LogP contribution in [0.3, 0.4) is 0 Å². The van der Waals surface area contributed by atoms with Crippen molar-refractivity contribution in [2.24, 2.45) is 5.92 Å². The lowest BCUT2D eigenvalue weighted by Crippen LogP contribution is -2.32. The molecular formula is C20H19ClN2O3. The van der Waals surface area contributed by atoms with E-state index in [-0.39, 0.29) is 17.3 Å². The third kappa shape index (κ3) is 2.99. The van der Waals surface area contributed by atoms with Gasteiger partial charge in [-0.2, -0.15) is 0 Å². The van der Waals surface area contributed by atoms with Crippen molar-refractivity contribution in [2.45, 2.75) is 26.8 Å². The Morgan fingerprint density at radius 1 is 1.31 bits per heavy atom. The van der Waals surface area contributed by atoms with Gasteiger partial charge in [-0.05, 0) is 42.3 Å². The zero-order valence-corrected chi connectivity index (χ0v) is 15.5. The molecule has 134 valence electrons. The van der Waals surface area contributed by atoms with E-state index in [9.17, 15) is 14.7 Å². The highest BCUT2D eigenvalue weighted by Gasteiger charge is 2.45. The molecule has 1 aromatic heterocycles. The van der Waals surface area contributed by atoms with E-state index in [0.717, 1.165) is 5.56 Å². The van der Waals surface area contributed by atoms with Gasteiger partial charge in [0.25, 0.3) is 5.91 Å². The number of hydrogen-bond acceptors (Lipinski definition) is 4. The average molecular weight is 371 g/mol. The number of anilines is 1. The predicted octanol–water partition coefficient (Wildman–Crippen LogP) is 4.17. The molecule has 1 amide bonds. The number of benzene rings is 1. The van der Waals surface area contributed by atoms with Crippen LogP contribution in [0.5, 0.6) is 0 Å². The van der Waals surface area contributed by atoms with Gasteiger partial charge in [0.05, 0.1) is 11.6 Å². The van der Waals surface area contributed by atoms with E-state index in [1.807, 2.05) is 6.92 Å². The van der Waals surface area contributed by atoms with Crippen molar-refractivity contribution >= 4 is 29.0 Å². The van der Waals surface area contributed by atoms with Gasteiger partial charge in [0.2, 0.25) is 0 Å². The lowest BCUT2D eigenvalue weighted by atomic mass is 9.91. The highest BCUT2D eigenvalue weighted by atomic mass is 35.5. The average Bonchev–Trinajstić information content (AvgIpc) is 2.87. The molecule has 1 N–H and O–H groups in total. The molecule has 1 aliphatic rings. The summed E-state index contributed by atoms with van der Waals surface area (Å²) in [6, 6.07) is 7.93. The Morgan fingerprint density at radius 2 is 2.04 bits per heavy atom. The Hall–Kier alpha value is -2.66. The van der Waals surface area contributed by atoms with Crippen LogP contribution < -0.4 is 4.90 Å². The number of ketones is 1. The Bertz CT molecular complexity index is 907. The van der Waals surface area contributed by atoms with Crippen molar-refractivity contribution in [3.05, 3.63) is 70.2 Å². The zero-order chi connectivity index (χ0) is 19.0. The number of carbonyl (C=O) groups is 2. The Morgan fingerprint density at radius 3 is 2.62 bits per heavy atom. The summed E-state index contributed by atoms with van der Waals surface area (Å²) in [5.41, 5.74) is 2.12. The molecule has 0 aliphatic carbocycles. The van der Waals surface area contributed by atoms with E-state index in [0.29, 0.717) is 16.3 Å². The number of hydrogen-bond donors (Lipinski definition) is 1. The molecular weight excluding hydrogens is 352 g/mol. The number of pyridine rings is 1. The maximum atomic E-state index is 12.9. The fourth-order valence-electron chi connectivity index (χ4n) is 3.16. The van der Waals surface area contributed by atoms with E-state index in [1.54, 1.807) is 56.6 Å². The molecule has 1 aromatic carbocycles. The van der Waals surface area contributed by atoms with E-state index >= 15 is 0 Å². The van der Waals surface area contributed by atoms with Gasteiger partial charge < -0.3 is 5.11 Å².